The van der Waals surface area contributed by atoms with Gasteiger partial charge in [0.2, 0.25) is 11.3 Å². The van der Waals surface area contributed by atoms with Gasteiger partial charge >= 0.3 is 0 Å². The van der Waals surface area contributed by atoms with Crippen LogP contribution in [0.3, 0.4) is 0 Å². The molecule has 5 aromatic carbocycles. The summed E-state index contributed by atoms with van der Waals surface area (Å²) in [5.41, 5.74) is 8.06. The third kappa shape index (κ3) is 2.55. The summed E-state index contributed by atoms with van der Waals surface area (Å²) in [6, 6.07) is 35.9. The van der Waals surface area contributed by atoms with Crippen LogP contribution in [0.5, 0.6) is 11.5 Å². The van der Waals surface area contributed by atoms with E-state index in [1.54, 1.807) is 0 Å². The number of para-hydroxylation sites is 3. The highest BCUT2D eigenvalue weighted by Crippen LogP contribution is 2.51. The van der Waals surface area contributed by atoms with Gasteiger partial charge in [-0.15, -0.1) is 0 Å². The number of ether oxygens (including phenoxy) is 1. The van der Waals surface area contributed by atoms with Crippen LogP contribution in [0.1, 0.15) is 11.1 Å². The third-order valence-corrected chi connectivity index (χ3v) is 7.99. The van der Waals surface area contributed by atoms with E-state index in [0.29, 0.717) is 5.56 Å². The highest BCUT2D eigenvalue weighted by Gasteiger charge is 2.35. The number of nitriles is 1. The van der Waals surface area contributed by atoms with Crippen molar-refractivity contribution < 1.29 is 9.30 Å². The van der Waals surface area contributed by atoms with E-state index in [9.17, 15) is 5.26 Å². The van der Waals surface area contributed by atoms with Gasteiger partial charge in [-0.05, 0) is 42.1 Å². The molecule has 178 valence electrons. The largest absolute Gasteiger partial charge is 0.447 e. The van der Waals surface area contributed by atoms with Crippen molar-refractivity contribution in [2.75, 3.05) is 0 Å². The highest BCUT2D eigenvalue weighted by molar-refractivity contribution is 6.13. The zero-order chi connectivity index (χ0) is 25.5. The van der Waals surface area contributed by atoms with Gasteiger partial charge in [0, 0.05) is 22.2 Å². The standard InChI is InChI=1S/C34H22N3O/c1-20-17-18-21-9-8-16-28-30(21)29(20)33-34(38-28)32(25-12-4-5-14-26(25)36(33)2)37-27-15-6-3-11-23(27)24-13-7-10-22(19-35)31(24)37/h3-18H,1-2H3/q+1. The summed E-state index contributed by atoms with van der Waals surface area (Å²) in [7, 11) is 2.12. The number of fused-ring (bicyclic) bond motifs is 6. The maximum atomic E-state index is 10.2. The molecule has 1 aliphatic rings. The molecule has 3 heterocycles. The van der Waals surface area contributed by atoms with Gasteiger partial charge in [-0.2, -0.15) is 9.83 Å². The van der Waals surface area contributed by atoms with Crippen LogP contribution in [0.4, 0.5) is 0 Å². The van der Waals surface area contributed by atoms with Crippen LogP contribution in [0.2, 0.25) is 0 Å². The predicted molar refractivity (Wildman–Crippen MR) is 152 cm³/mol. The monoisotopic (exact) mass is 488 g/mol. The molecule has 4 heteroatoms. The van der Waals surface area contributed by atoms with Gasteiger partial charge < -0.3 is 9.30 Å². The Labute approximate surface area is 219 Å². The fourth-order valence-electron chi connectivity index (χ4n) is 6.36. The minimum Gasteiger partial charge on any atom is -0.447 e. The lowest BCUT2D eigenvalue weighted by Crippen LogP contribution is -2.34. The van der Waals surface area contributed by atoms with Gasteiger partial charge in [-0.1, -0.05) is 66.7 Å². The fourth-order valence-corrected chi connectivity index (χ4v) is 6.36. The van der Waals surface area contributed by atoms with Crippen molar-refractivity contribution in [2.24, 2.45) is 7.05 Å². The maximum Gasteiger partial charge on any atom is 0.259 e. The molecule has 0 saturated carbocycles. The van der Waals surface area contributed by atoms with Gasteiger partial charge in [-0.3, -0.25) is 0 Å². The lowest BCUT2D eigenvalue weighted by molar-refractivity contribution is -0.633. The third-order valence-electron chi connectivity index (χ3n) is 7.99. The lowest BCUT2D eigenvalue weighted by atomic mass is 9.92. The molecular weight excluding hydrogens is 466 g/mol. The number of hydrogen-bond acceptors (Lipinski definition) is 2. The Morgan fingerprint density at radius 3 is 2.42 bits per heavy atom. The fraction of sp³-hybridized carbons (Fsp3) is 0.0588. The molecule has 38 heavy (non-hydrogen) atoms. The summed E-state index contributed by atoms with van der Waals surface area (Å²) in [6.07, 6.45) is 0. The number of aryl methyl sites for hydroxylation is 2. The average molecular weight is 489 g/mol. The van der Waals surface area contributed by atoms with E-state index in [1.165, 1.54) is 11.1 Å². The van der Waals surface area contributed by atoms with Crippen LogP contribution < -0.4 is 9.30 Å². The number of benzene rings is 5. The van der Waals surface area contributed by atoms with E-state index < -0.39 is 0 Å². The minimum absolute atomic E-state index is 0.638. The second-order valence-corrected chi connectivity index (χ2v) is 9.98. The minimum atomic E-state index is 0.638. The van der Waals surface area contributed by atoms with Crippen LogP contribution in [0, 0.1) is 18.3 Å². The molecular formula is C34H22N3O+. The summed E-state index contributed by atoms with van der Waals surface area (Å²) < 4.78 is 11.4. The van der Waals surface area contributed by atoms with E-state index in [-0.39, 0.29) is 0 Å². The molecule has 0 spiro atoms. The molecule has 0 radical (unpaired) electrons. The SMILES string of the molecule is Cc1ccc2cccc3c2c1-c1c(c(-n2c4ccccc4c4cccc(C#N)c42)c2ccccc2[n+]1C)O3. The Morgan fingerprint density at radius 2 is 1.55 bits per heavy atom. The summed E-state index contributed by atoms with van der Waals surface area (Å²) >= 11 is 0. The first-order valence-corrected chi connectivity index (χ1v) is 12.8. The number of hydrogen-bond donors (Lipinski definition) is 0. The van der Waals surface area contributed by atoms with Crippen LogP contribution in [-0.2, 0) is 7.05 Å². The molecule has 0 amide bonds. The molecule has 0 aliphatic carbocycles. The number of rotatable bonds is 1. The molecule has 0 N–H and O–H groups in total. The van der Waals surface area contributed by atoms with Crippen molar-refractivity contribution in [1.29, 1.82) is 5.26 Å². The van der Waals surface area contributed by atoms with Crippen LogP contribution in [-0.4, -0.2) is 4.57 Å². The van der Waals surface area contributed by atoms with Crippen molar-refractivity contribution in [3.8, 4) is 34.5 Å². The first-order valence-electron chi connectivity index (χ1n) is 12.8. The van der Waals surface area contributed by atoms with Crippen molar-refractivity contribution >= 4 is 43.5 Å². The van der Waals surface area contributed by atoms with Crippen molar-refractivity contribution in [3.05, 3.63) is 108 Å². The molecule has 0 fully saturated rings. The summed E-state index contributed by atoms with van der Waals surface area (Å²) in [4.78, 5) is 0. The van der Waals surface area contributed by atoms with E-state index in [0.717, 1.165) is 66.4 Å². The quantitative estimate of drug-likeness (QED) is 0.221. The Balaban J connectivity index is 1.67. The van der Waals surface area contributed by atoms with E-state index in [4.69, 9.17) is 4.74 Å². The Hall–Kier alpha value is -5.14. The molecule has 0 atom stereocenters. The molecule has 1 aliphatic heterocycles. The van der Waals surface area contributed by atoms with Crippen LogP contribution in [0.25, 0.3) is 60.4 Å². The molecule has 0 unspecified atom stereocenters. The van der Waals surface area contributed by atoms with Gasteiger partial charge in [0.05, 0.1) is 27.5 Å². The van der Waals surface area contributed by atoms with Gasteiger partial charge in [0.1, 0.15) is 24.6 Å². The van der Waals surface area contributed by atoms with Gasteiger partial charge in [0.25, 0.3) is 5.69 Å². The van der Waals surface area contributed by atoms with Crippen LogP contribution >= 0.6 is 0 Å². The summed E-state index contributed by atoms with van der Waals surface area (Å²) in [6.45, 7) is 2.17. The number of nitrogens with zero attached hydrogens (tertiary/aromatic N) is 3. The summed E-state index contributed by atoms with van der Waals surface area (Å²) in [5.74, 6) is 1.66. The number of pyridine rings is 1. The molecule has 7 aromatic rings. The Morgan fingerprint density at radius 1 is 0.789 bits per heavy atom. The smallest absolute Gasteiger partial charge is 0.259 e. The number of aromatic nitrogens is 2. The summed E-state index contributed by atoms with van der Waals surface area (Å²) in [5, 5.41) is 15.7. The predicted octanol–water partition coefficient (Wildman–Crippen LogP) is 7.87. The van der Waals surface area contributed by atoms with Gasteiger partial charge in [0.15, 0.2) is 0 Å². The Kier molecular flexibility index (Phi) is 4.11. The highest BCUT2D eigenvalue weighted by atomic mass is 16.5. The van der Waals surface area contributed by atoms with Crippen molar-refractivity contribution in [2.45, 2.75) is 6.92 Å². The molecule has 0 saturated heterocycles. The lowest BCUT2D eigenvalue weighted by Gasteiger charge is -2.24. The average Bonchev–Trinajstić information content (AvgIpc) is 3.29. The maximum absolute atomic E-state index is 10.2. The van der Waals surface area contributed by atoms with Crippen LogP contribution in [0.15, 0.2) is 97.1 Å². The topological polar surface area (TPSA) is 41.8 Å². The first kappa shape index (κ1) is 21.0. The van der Waals surface area contributed by atoms with E-state index in [2.05, 4.69) is 114 Å². The van der Waals surface area contributed by atoms with E-state index in [1.807, 2.05) is 12.1 Å². The Bertz CT molecular complexity index is 2200. The second kappa shape index (κ2) is 7.44. The zero-order valence-corrected chi connectivity index (χ0v) is 21.0. The normalized spacial score (nSPS) is 12.1. The first-order chi connectivity index (χ1) is 18.7. The molecule has 2 aromatic heterocycles. The zero-order valence-electron chi connectivity index (χ0n) is 21.0. The molecule has 8 rings (SSSR count). The van der Waals surface area contributed by atoms with Gasteiger partial charge in [-0.25, -0.2) is 0 Å². The van der Waals surface area contributed by atoms with E-state index >= 15 is 0 Å². The molecule has 4 nitrogen and oxygen atoms in total. The second-order valence-electron chi connectivity index (χ2n) is 9.98. The molecule has 0 bridgehead atoms. The van der Waals surface area contributed by atoms with Crippen molar-refractivity contribution in [1.82, 2.24) is 4.57 Å². The van der Waals surface area contributed by atoms with Crippen molar-refractivity contribution in [3.63, 3.8) is 0 Å².